The highest BCUT2D eigenvalue weighted by Crippen LogP contribution is 2.30. The molecule has 0 aliphatic rings. The quantitative estimate of drug-likeness (QED) is 0.590. The van der Waals surface area contributed by atoms with Gasteiger partial charge in [0.25, 0.3) is 5.91 Å². The summed E-state index contributed by atoms with van der Waals surface area (Å²) in [7, 11) is 0. The number of nitrogens with one attached hydrogen (secondary N) is 2. The van der Waals surface area contributed by atoms with Gasteiger partial charge in [0.05, 0.1) is 22.4 Å². The molecule has 122 valence electrons. The summed E-state index contributed by atoms with van der Waals surface area (Å²) in [5, 5.41) is 10.7. The molecule has 0 atom stereocenters. The fraction of sp³-hybridized carbons (Fsp3) is 0. The van der Waals surface area contributed by atoms with Crippen LogP contribution in [0.3, 0.4) is 0 Å². The number of hydrogen-bond acceptors (Lipinski definition) is 5. The first-order valence-corrected chi connectivity index (χ1v) is 7.77. The van der Waals surface area contributed by atoms with Crippen molar-refractivity contribution in [1.82, 2.24) is 25.1 Å². The lowest BCUT2D eigenvalue weighted by atomic mass is 10.2. The zero-order valence-electron chi connectivity index (χ0n) is 12.8. The van der Waals surface area contributed by atoms with Gasteiger partial charge in [-0.15, -0.1) is 0 Å². The Balaban J connectivity index is 1.63. The van der Waals surface area contributed by atoms with Gasteiger partial charge in [-0.1, -0.05) is 17.7 Å². The Morgan fingerprint density at radius 2 is 2.00 bits per heavy atom. The number of carbonyl (C=O) groups is 1. The molecular formula is C17H11ClN6O. The third-order valence-electron chi connectivity index (χ3n) is 3.59. The van der Waals surface area contributed by atoms with Crippen LogP contribution in [0.25, 0.3) is 22.4 Å². The number of fused-ring (bicyclic) bond motifs is 1. The lowest BCUT2D eigenvalue weighted by molar-refractivity contribution is 0.102. The summed E-state index contributed by atoms with van der Waals surface area (Å²) >= 11 is 6.32. The van der Waals surface area contributed by atoms with Gasteiger partial charge in [0, 0.05) is 17.8 Å². The summed E-state index contributed by atoms with van der Waals surface area (Å²) < 4.78 is 0. The number of nitrogens with zero attached hydrogens (tertiary/aromatic N) is 4. The van der Waals surface area contributed by atoms with Crippen molar-refractivity contribution in [2.45, 2.75) is 0 Å². The van der Waals surface area contributed by atoms with Crippen LogP contribution >= 0.6 is 11.6 Å². The second-order valence-electron chi connectivity index (χ2n) is 5.19. The van der Waals surface area contributed by atoms with E-state index in [1.165, 1.54) is 12.3 Å². The van der Waals surface area contributed by atoms with Crippen molar-refractivity contribution >= 4 is 34.1 Å². The summed E-state index contributed by atoms with van der Waals surface area (Å²) in [4.78, 5) is 25.1. The number of H-pyrrole nitrogens is 1. The van der Waals surface area contributed by atoms with Crippen molar-refractivity contribution in [3.63, 3.8) is 0 Å². The highest BCUT2D eigenvalue weighted by atomic mass is 35.5. The number of aromatic amines is 1. The maximum Gasteiger partial charge on any atom is 0.274 e. The Kier molecular flexibility index (Phi) is 3.83. The van der Waals surface area contributed by atoms with E-state index in [2.05, 4.69) is 30.5 Å². The molecule has 0 radical (unpaired) electrons. The van der Waals surface area contributed by atoms with Gasteiger partial charge in [0.15, 0.2) is 5.82 Å². The number of carbonyl (C=O) groups excluding carboxylic acids is 1. The Hall–Kier alpha value is -3.32. The number of pyridine rings is 1. The van der Waals surface area contributed by atoms with Crippen LogP contribution in [0.2, 0.25) is 5.02 Å². The first-order chi connectivity index (χ1) is 12.2. The molecule has 0 saturated carbocycles. The molecule has 0 aliphatic carbocycles. The Morgan fingerprint density at radius 1 is 1.08 bits per heavy atom. The van der Waals surface area contributed by atoms with E-state index in [9.17, 15) is 4.79 Å². The Morgan fingerprint density at radius 3 is 2.84 bits per heavy atom. The summed E-state index contributed by atoms with van der Waals surface area (Å²) in [5.74, 6) is -0.00559. The van der Waals surface area contributed by atoms with Gasteiger partial charge in [-0.3, -0.25) is 14.9 Å². The molecule has 25 heavy (non-hydrogen) atoms. The fourth-order valence-corrected chi connectivity index (χ4v) is 2.63. The van der Waals surface area contributed by atoms with Gasteiger partial charge in [-0.05, 0) is 30.3 Å². The van der Waals surface area contributed by atoms with Crippen LogP contribution in [0, 0.1) is 0 Å². The number of anilines is 1. The standard InChI is InChI=1S/C17H11ClN6O/c18-15-10-9-21-24-11(10)4-5-12(15)23-17(25)14-6-8-20-16(22-14)13-3-1-2-7-19-13/h1-9H,(H,21,24)(H,23,25). The molecular weight excluding hydrogens is 340 g/mol. The number of benzene rings is 1. The molecule has 0 saturated heterocycles. The average Bonchev–Trinajstić information content (AvgIpc) is 3.14. The fourth-order valence-electron chi connectivity index (χ4n) is 2.37. The monoisotopic (exact) mass is 350 g/mol. The molecule has 0 spiro atoms. The smallest absolute Gasteiger partial charge is 0.274 e. The van der Waals surface area contributed by atoms with Crippen LogP contribution in [0.4, 0.5) is 5.69 Å². The molecule has 4 aromatic rings. The third kappa shape index (κ3) is 2.92. The first kappa shape index (κ1) is 15.2. The maximum absolute atomic E-state index is 12.5. The lowest BCUT2D eigenvalue weighted by Gasteiger charge is -2.08. The number of rotatable bonds is 3. The normalized spacial score (nSPS) is 10.8. The van der Waals surface area contributed by atoms with Gasteiger partial charge in [0.2, 0.25) is 0 Å². The maximum atomic E-state index is 12.5. The number of halogens is 1. The second kappa shape index (κ2) is 6.29. The van der Waals surface area contributed by atoms with Gasteiger partial charge < -0.3 is 5.32 Å². The van der Waals surface area contributed by atoms with Crippen molar-refractivity contribution in [3.8, 4) is 11.5 Å². The summed E-state index contributed by atoms with van der Waals surface area (Å²) in [6.07, 6.45) is 4.77. The van der Waals surface area contributed by atoms with Crippen molar-refractivity contribution in [1.29, 1.82) is 0 Å². The molecule has 3 heterocycles. The zero-order valence-corrected chi connectivity index (χ0v) is 13.5. The van der Waals surface area contributed by atoms with Gasteiger partial charge in [-0.25, -0.2) is 9.97 Å². The van der Waals surface area contributed by atoms with E-state index in [0.717, 1.165) is 10.9 Å². The van der Waals surface area contributed by atoms with Crippen LogP contribution in [0.15, 0.2) is 55.0 Å². The van der Waals surface area contributed by atoms with E-state index in [4.69, 9.17) is 11.6 Å². The van der Waals surface area contributed by atoms with E-state index in [1.54, 1.807) is 36.7 Å². The predicted molar refractivity (Wildman–Crippen MR) is 94.3 cm³/mol. The van der Waals surface area contributed by atoms with Crippen molar-refractivity contribution < 1.29 is 4.79 Å². The molecule has 0 bridgehead atoms. The molecule has 1 amide bonds. The van der Waals surface area contributed by atoms with E-state index in [1.807, 2.05) is 6.07 Å². The minimum Gasteiger partial charge on any atom is -0.319 e. The number of hydrogen-bond donors (Lipinski definition) is 2. The Bertz CT molecular complexity index is 1060. The summed E-state index contributed by atoms with van der Waals surface area (Å²) in [5.41, 5.74) is 2.09. The third-order valence-corrected chi connectivity index (χ3v) is 4.00. The van der Waals surface area contributed by atoms with Crippen molar-refractivity contribution in [3.05, 3.63) is 65.7 Å². The van der Waals surface area contributed by atoms with Gasteiger partial charge >= 0.3 is 0 Å². The van der Waals surface area contributed by atoms with Gasteiger partial charge in [-0.2, -0.15) is 5.10 Å². The van der Waals surface area contributed by atoms with Crippen LogP contribution in [-0.2, 0) is 0 Å². The van der Waals surface area contributed by atoms with Crippen LogP contribution in [-0.4, -0.2) is 31.1 Å². The van der Waals surface area contributed by atoms with Crippen molar-refractivity contribution in [2.75, 3.05) is 5.32 Å². The van der Waals surface area contributed by atoms with E-state index < -0.39 is 0 Å². The minimum atomic E-state index is -0.385. The molecule has 7 nitrogen and oxygen atoms in total. The van der Waals surface area contributed by atoms with Crippen LogP contribution in [0.5, 0.6) is 0 Å². The highest BCUT2D eigenvalue weighted by molar-refractivity contribution is 6.38. The molecule has 8 heteroatoms. The topological polar surface area (TPSA) is 96.5 Å². The van der Waals surface area contributed by atoms with E-state index in [0.29, 0.717) is 22.2 Å². The highest BCUT2D eigenvalue weighted by Gasteiger charge is 2.14. The second-order valence-corrected chi connectivity index (χ2v) is 5.57. The van der Waals surface area contributed by atoms with Gasteiger partial charge in [0.1, 0.15) is 11.4 Å². The van der Waals surface area contributed by atoms with Crippen LogP contribution in [0.1, 0.15) is 10.5 Å². The molecule has 0 aliphatic heterocycles. The lowest BCUT2D eigenvalue weighted by Crippen LogP contribution is -2.14. The first-order valence-electron chi connectivity index (χ1n) is 7.40. The van der Waals surface area contributed by atoms with Crippen LogP contribution < -0.4 is 5.32 Å². The summed E-state index contributed by atoms with van der Waals surface area (Å²) in [6, 6.07) is 10.4. The van der Waals surface area contributed by atoms with Crippen molar-refractivity contribution in [2.24, 2.45) is 0 Å². The predicted octanol–water partition coefficient (Wildman–Crippen LogP) is 3.32. The SMILES string of the molecule is O=C(Nc1ccc2[nH]ncc2c1Cl)c1ccnc(-c2ccccn2)n1. The Labute approximate surface area is 147 Å². The average molecular weight is 351 g/mol. The molecule has 4 rings (SSSR count). The molecule has 0 unspecified atom stereocenters. The molecule has 3 aromatic heterocycles. The number of aromatic nitrogens is 5. The molecule has 0 fully saturated rings. The minimum absolute atomic E-state index is 0.221. The van der Waals surface area contributed by atoms with E-state index >= 15 is 0 Å². The zero-order chi connectivity index (χ0) is 17.2. The number of amides is 1. The summed E-state index contributed by atoms with van der Waals surface area (Å²) in [6.45, 7) is 0. The molecule has 1 aromatic carbocycles. The van der Waals surface area contributed by atoms with E-state index in [-0.39, 0.29) is 11.6 Å². The largest absolute Gasteiger partial charge is 0.319 e. The molecule has 2 N–H and O–H groups in total.